The zero-order valence-electron chi connectivity index (χ0n) is 10.7. The summed E-state index contributed by atoms with van der Waals surface area (Å²) in [6.07, 6.45) is 0.249. The molecule has 1 aliphatic rings. The second kappa shape index (κ2) is 4.96. The van der Waals surface area contributed by atoms with Gasteiger partial charge in [0.15, 0.2) is 0 Å². The van der Waals surface area contributed by atoms with Crippen molar-refractivity contribution in [2.24, 2.45) is 0 Å². The maximum atomic E-state index is 12.0. The quantitative estimate of drug-likeness (QED) is 0.741. The van der Waals surface area contributed by atoms with Gasteiger partial charge in [0.05, 0.1) is 0 Å². The number of carbonyl (C=O) groups is 1. The molecular formula is C13H17NO. The average molecular weight is 205 g/mol. The number of carbonyl (C=O) groups excluding carboxylic acids is 1. The summed E-state index contributed by atoms with van der Waals surface area (Å²) in [6.45, 7) is 1.49. The van der Waals surface area contributed by atoms with Gasteiger partial charge < -0.3 is 4.90 Å². The van der Waals surface area contributed by atoms with Crippen LogP contribution >= 0.6 is 0 Å². The second-order valence-electron chi connectivity index (χ2n) is 3.78. The fourth-order valence-corrected chi connectivity index (χ4v) is 1.77. The molecule has 1 aromatic carbocycles. The summed E-state index contributed by atoms with van der Waals surface area (Å²) in [5.41, 5.74) is 0.736. The van der Waals surface area contributed by atoms with Crippen molar-refractivity contribution in [1.29, 1.82) is 0 Å². The van der Waals surface area contributed by atoms with Crippen molar-refractivity contribution in [2.75, 3.05) is 13.1 Å². The average Bonchev–Trinajstić information content (AvgIpc) is 2.91. The van der Waals surface area contributed by atoms with Gasteiger partial charge in [-0.1, -0.05) is 30.3 Å². The van der Waals surface area contributed by atoms with Crippen LogP contribution in [0.5, 0.6) is 0 Å². The molecule has 0 aromatic heterocycles. The van der Waals surface area contributed by atoms with Crippen LogP contribution in [0.3, 0.4) is 0 Å². The van der Waals surface area contributed by atoms with E-state index in [2.05, 4.69) is 0 Å². The molecule has 80 valence electrons. The number of likely N-dealkylation sites (tertiary alicyclic amines) is 1. The molecule has 0 aliphatic carbocycles. The maximum absolute atomic E-state index is 12.0. The minimum absolute atomic E-state index is 0.202. The van der Waals surface area contributed by atoms with Crippen LogP contribution in [0.2, 0.25) is 0 Å². The van der Waals surface area contributed by atoms with E-state index in [-0.39, 0.29) is 5.91 Å². The van der Waals surface area contributed by atoms with E-state index in [9.17, 15) is 4.79 Å². The van der Waals surface area contributed by atoms with E-state index >= 15 is 0 Å². The molecule has 2 unspecified atom stereocenters. The molecule has 1 fully saturated rings. The first kappa shape index (κ1) is 7.91. The summed E-state index contributed by atoms with van der Waals surface area (Å²) in [4.78, 5) is 13.7. The minimum atomic E-state index is -1.00. The van der Waals surface area contributed by atoms with Crippen LogP contribution in [0.25, 0.3) is 0 Å². The largest absolute Gasteiger partial charge is 0.343 e. The van der Waals surface area contributed by atoms with Gasteiger partial charge in [-0.25, -0.2) is 0 Å². The predicted molar refractivity (Wildman–Crippen MR) is 60.6 cm³/mol. The normalized spacial score (nSPS) is 21.7. The Morgan fingerprint density at radius 2 is 1.93 bits per heavy atom. The van der Waals surface area contributed by atoms with Crippen LogP contribution in [-0.2, 0) is 11.2 Å². The number of amides is 1. The number of rotatable bonds is 3. The first-order valence-corrected chi connectivity index (χ1v) is 5.38. The second-order valence-corrected chi connectivity index (χ2v) is 3.78. The molecular weight excluding hydrogens is 186 g/mol. The highest BCUT2D eigenvalue weighted by Gasteiger charge is 2.16. The maximum Gasteiger partial charge on any atom is 0.222 e. The van der Waals surface area contributed by atoms with Crippen LogP contribution in [0.15, 0.2) is 30.3 Å². The Morgan fingerprint density at radius 1 is 1.27 bits per heavy atom. The van der Waals surface area contributed by atoms with E-state index in [0.717, 1.165) is 31.5 Å². The number of aryl methyl sites for hydroxylation is 1. The van der Waals surface area contributed by atoms with Crippen molar-refractivity contribution in [3.63, 3.8) is 0 Å². The van der Waals surface area contributed by atoms with Crippen molar-refractivity contribution in [3.8, 4) is 0 Å². The van der Waals surface area contributed by atoms with Crippen molar-refractivity contribution in [3.05, 3.63) is 35.9 Å². The summed E-state index contributed by atoms with van der Waals surface area (Å²) >= 11 is 0. The van der Waals surface area contributed by atoms with E-state index in [1.807, 2.05) is 18.2 Å². The van der Waals surface area contributed by atoms with E-state index in [4.69, 9.17) is 2.74 Å². The van der Waals surface area contributed by atoms with E-state index in [1.54, 1.807) is 17.0 Å². The lowest BCUT2D eigenvalue weighted by Gasteiger charge is -2.14. The van der Waals surface area contributed by atoms with Crippen LogP contribution in [-0.4, -0.2) is 23.9 Å². The number of hydrogen-bond donors (Lipinski definition) is 0. The zero-order chi connectivity index (χ0) is 12.3. The van der Waals surface area contributed by atoms with Gasteiger partial charge >= 0.3 is 0 Å². The van der Waals surface area contributed by atoms with E-state index in [0.29, 0.717) is 0 Å². The molecule has 0 saturated carbocycles. The third-order valence-corrected chi connectivity index (χ3v) is 2.64. The van der Waals surface area contributed by atoms with Gasteiger partial charge in [-0.3, -0.25) is 4.79 Å². The monoisotopic (exact) mass is 205 g/mol. The molecule has 2 nitrogen and oxygen atoms in total. The highest BCUT2D eigenvalue weighted by Crippen LogP contribution is 2.10. The van der Waals surface area contributed by atoms with E-state index < -0.39 is 12.8 Å². The van der Waals surface area contributed by atoms with Crippen LogP contribution in [0.1, 0.15) is 27.5 Å². The Kier molecular flexibility index (Phi) is 2.62. The fraction of sp³-hybridized carbons (Fsp3) is 0.462. The lowest BCUT2D eigenvalue weighted by Crippen LogP contribution is -2.27. The van der Waals surface area contributed by atoms with Gasteiger partial charge in [-0.2, -0.15) is 0 Å². The predicted octanol–water partition coefficient (Wildman–Crippen LogP) is 2.24. The molecule has 1 amide bonds. The summed E-state index contributed by atoms with van der Waals surface area (Å²) in [6, 6.07) is 9.15. The summed E-state index contributed by atoms with van der Waals surface area (Å²) in [5, 5.41) is 0. The van der Waals surface area contributed by atoms with Crippen molar-refractivity contribution in [2.45, 2.75) is 25.6 Å². The molecule has 1 saturated heterocycles. The van der Waals surface area contributed by atoms with Crippen molar-refractivity contribution >= 4 is 5.91 Å². The Hall–Kier alpha value is -1.31. The minimum Gasteiger partial charge on any atom is -0.343 e. The number of hydrogen-bond acceptors (Lipinski definition) is 1. The highest BCUT2D eigenvalue weighted by molar-refractivity contribution is 5.76. The summed E-state index contributed by atoms with van der Waals surface area (Å²) in [7, 11) is 0. The summed E-state index contributed by atoms with van der Waals surface area (Å²) < 4.78 is 15.9. The Balaban J connectivity index is 2.04. The molecule has 2 heteroatoms. The van der Waals surface area contributed by atoms with Crippen LogP contribution < -0.4 is 0 Å². The first-order chi connectivity index (χ1) is 8.20. The molecule has 15 heavy (non-hydrogen) atoms. The number of nitrogens with zero attached hydrogens (tertiary/aromatic N) is 1. The molecule has 0 spiro atoms. The van der Waals surface area contributed by atoms with Crippen LogP contribution in [0, 0.1) is 0 Å². The molecule has 0 N–H and O–H groups in total. The Labute approximate surface area is 93.7 Å². The highest BCUT2D eigenvalue weighted by atomic mass is 16.2. The van der Waals surface area contributed by atoms with Gasteiger partial charge in [-0.15, -0.1) is 0 Å². The third-order valence-electron chi connectivity index (χ3n) is 2.64. The van der Waals surface area contributed by atoms with Gasteiger partial charge in [0.1, 0.15) is 0 Å². The SMILES string of the molecule is [2H]C(C(=O)N1CCCC1)C([2H])c1ccccc1. The first-order valence-electron chi connectivity index (χ1n) is 6.54. The molecule has 1 heterocycles. The lowest BCUT2D eigenvalue weighted by atomic mass is 10.1. The Morgan fingerprint density at radius 3 is 2.60 bits per heavy atom. The Bertz CT molecular complexity index is 376. The van der Waals surface area contributed by atoms with Gasteiger partial charge in [0, 0.05) is 22.2 Å². The molecule has 0 radical (unpaired) electrons. The zero-order valence-corrected chi connectivity index (χ0v) is 8.73. The van der Waals surface area contributed by atoms with E-state index in [1.165, 1.54) is 0 Å². The lowest BCUT2D eigenvalue weighted by molar-refractivity contribution is -0.130. The summed E-state index contributed by atoms with van der Waals surface area (Å²) in [5.74, 6) is -0.202. The molecule has 1 aliphatic heterocycles. The standard InChI is InChI=1S/C13H17NO/c15-13(14-10-4-5-11-14)9-8-12-6-2-1-3-7-12/h1-3,6-7H,4-5,8-11H2/i8D,9D. The van der Waals surface area contributed by atoms with Gasteiger partial charge in [0.25, 0.3) is 0 Å². The molecule has 0 bridgehead atoms. The van der Waals surface area contributed by atoms with Gasteiger partial charge in [-0.05, 0) is 24.8 Å². The van der Waals surface area contributed by atoms with Crippen molar-refractivity contribution < 1.29 is 7.54 Å². The van der Waals surface area contributed by atoms with Crippen LogP contribution in [0.4, 0.5) is 0 Å². The third kappa shape index (κ3) is 2.82. The number of benzene rings is 1. The van der Waals surface area contributed by atoms with Crippen molar-refractivity contribution in [1.82, 2.24) is 4.90 Å². The van der Waals surface area contributed by atoms with Gasteiger partial charge in [0.2, 0.25) is 5.91 Å². The topological polar surface area (TPSA) is 20.3 Å². The molecule has 2 atom stereocenters. The molecule has 2 rings (SSSR count). The smallest absolute Gasteiger partial charge is 0.222 e. The molecule has 1 aromatic rings. The fourth-order valence-electron chi connectivity index (χ4n) is 1.77.